The maximum Gasteiger partial charge on any atom is 0.185 e. The number of nitrogens with zero attached hydrogens (tertiary/aromatic N) is 1. The zero-order valence-corrected chi connectivity index (χ0v) is 10.4. The molecule has 0 unspecified atom stereocenters. The summed E-state index contributed by atoms with van der Waals surface area (Å²) in [6.45, 7) is 0. The molecule has 86 valence electrons. The van der Waals surface area contributed by atoms with Gasteiger partial charge in [-0.3, -0.25) is 9.78 Å². The second kappa shape index (κ2) is 5.19. The molecule has 0 fully saturated rings. The lowest BCUT2D eigenvalue weighted by atomic mass is 10.1. The summed E-state index contributed by atoms with van der Waals surface area (Å²) in [5.41, 5.74) is 0.724. The van der Waals surface area contributed by atoms with Gasteiger partial charge in [0.2, 0.25) is 0 Å². The van der Waals surface area contributed by atoms with E-state index >= 15 is 0 Å². The van der Waals surface area contributed by atoms with Crippen molar-refractivity contribution in [1.82, 2.24) is 4.98 Å². The Bertz CT molecular complexity index is 542. The zero-order valence-electron chi connectivity index (χ0n) is 8.86. The Balaban J connectivity index is 2.22. The molecular weight excluding hydrogens is 285 g/mol. The molecule has 0 radical (unpaired) electrons. The van der Waals surface area contributed by atoms with Gasteiger partial charge in [-0.2, -0.15) is 0 Å². The molecule has 0 saturated carbocycles. The molecule has 17 heavy (non-hydrogen) atoms. The van der Waals surface area contributed by atoms with Gasteiger partial charge in [-0.1, -0.05) is 22.0 Å². The minimum atomic E-state index is -0.377. The highest BCUT2D eigenvalue weighted by molar-refractivity contribution is 9.10. The van der Waals surface area contributed by atoms with Gasteiger partial charge in [0.05, 0.1) is 0 Å². The maximum atomic E-state index is 13.5. The second-order valence-corrected chi connectivity index (χ2v) is 4.47. The van der Waals surface area contributed by atoms with Crippen LogP contribution in [0, 0.1) is 5.82 Å². The quantitative estimate of drug-likeness (QED) is 0.812. The van der Waals surface area contributed by atoms with E-state index in [0.29, 0.717) is 11.3 Å². The van der Waals surface area contributed by atoms with E-state index in [1.54, 1.807) is 36.5 Å². The molecule has 2 nitrogen and oxygen atoms in total. The fourth-order valence-electron chi connectivity index (χ4n) is 1.47. The van der Waals surface area contributed by atoms with Crippen molar-refractivity contribution in [3.05, 3.63) is 64.1 Å². The molecule has 1 heterocycles. The molecule has 1 aromatic carbocycles. The lowest BCUT2D eigenvalue weighted by molar-refractivity contribution is 0.0987. The second-order valence-electron chi connectivity index (χ2n) is 3.55. The Hall–Kier alpha value is -1.55. The molecule has 0 spiro atoms. The van der Waals surface area contributed by atoms with Crippen LogP contribution in [0.1, 0.15) is 16.1 Å². The fraction of sp³-hybridized carbons (Fsp3) is 0.0769. The first-order valence-electron chi connectivity index (χ1n) is 5.05. The van der Waals surface area contributed by atoms with Gasteiger partial charge >= 0.3 is 0 Å². The average molecular weight is 294 g/mol. The van der Waals surface area contributed by atoms with Crippen LogP contribution < -0.4 is 0 Å². The van der Waals surface area contributed by atoms with Crippen molar-refractivity contribution in [3.8, 4) is 0 Å². The molecule has 0 saturated heterocycles. The van der Waals surface area contributed by atoms with Gasteiger partial charge in [0.15, 0.2) is 5.78 Å². The lowest BCUT2D eigenvalue weighted by Gasteiger charge is -2.03. The van der Waals surface area contributed by atoms with Crippen molar-refractivity contribution in [1.29, 1.82) is 0 Å². The predicted octanol–water partition coefficient (Wildman–Crippen LogP) is 3.41. The van der Waals surface area contributed by atoms with Gasteiger partial charge in [0, 0.05) is 17.1 Å². The zero-order chi connectivity index (χ0) is 12.3. The van der Waals surface area contributed by atoms with Crippen molar-refractivity contribution in [3.63, 3.8) is 0 Å². The van der Waals surface area contributed by atoms with E-state index in [0.717, 1.165) is 4.47 Å². The number of halogens is 2. The Kier molecular flexibility index (Phi) is 3.64. The summed E-state index contributed by atoms with van der Waals surface area (Å²) in [6.07, 6.45) is 1.56. The van der Waals surface area contributed by atoms with E-state index in [9.17, 15) is 9.18 Å². The maximum absolute atomic E-state index is 13.5. The highest BCUT2D eigenvalue weighted by Crippen LogP contribution is 2.17. The Morgan fingerprint density at radius 2 is 2.12 bits per heavy atom. The van der Waals surface area contributed by atoms with Crippen molar-refractivity contribution in [2.24, 2.45) is 0 Å². The van der Waals surface area contributed by atoms with Crippen molar-refractivity contribution >= 4 is 21.7 Å². The first-order chi connectivity index (χ1) is 8.16. The number of hydrogen-bond donors (Lipinski definition) is 0. The van der Waals surface area contributed by atoms with Gasteiger partial charge in [0.25, 0.3) is 0 Å². The summed E-state index contributed by atoms with van der Waals surface area (Å²) in [5, 5.41) is 0. The summed E-state index contributed by atoms with van der Waals surface area (Å²) in [5.74, 6) is -0.569. The summed E-state index contributed by atoms with van der Waals surface area (Å²) in [4.78, 5) is 15.8. The molecular formula is C13H9BrFNO. The summed E-state index contributed by atoms with van der Waals surface area (Å²) >= 11 is 3.25. The Morgan fingerprint density at radius 3 is 2.82 bits per heavy atom. The SMILES string of the molecule is O=C(Cc1cc(Br)ccc1F)c1ccccn1. The van der Waals surface area contributed by atoms with Gasteiger partial charge in [-0.25, -0.2) is 4.39 Å². The number of Topliss-reactive ketones (excluding diaryl/α,β-unsaturated/α-hetero) is 1. The van der Waals surface area contributed by atoms with Gasteiger partial charge in [-0.15, -0.1) is 0 Å². The highest BCUT2D eigenvalue weighted by atomic mass is 79.9. The summed E-state index contributed by atoms with van der Waals surface area (Å²) < 4.78 is 14.2. The van der Waals surface area contributed by atoms with Gasteiger partial charge in [-0.05, 0) is 35.9 Å². The van der Waals surface area contributed by atoms with Crippen molar-refractivity contribution in [2.45, 2.75) is 6.42 Å². The van der Waals surface area contributed by atoms with E-state index in [4.69, 9.17) is 0 Å². The fourth-order valence-corrected chi connectivity index (χ4v) is 1.88. The van der Waals surface area contributed by atoms with Crippen LogP contribution in [0.4, 0.5) is 4.39 Å². The van der Waals surface area contributed by atoms with Crippen LogP contribution in [-0.2, 0) is 6.42 Å². The molecule has 0 N–H and O–H groups in total. The molecule has 2 aromatic rings. The highest BCUT2D eigenvalue weighted by Gasteiger charge is 2.11. The first-order valence-corrected chi connectivity index (χ1v) is 5.84. The van der Waals surface area contributed by atoms with Crippen molar-refractivity contribution in [2.75, 3.05) is 0 Å². The number of ketones is 1. The number of aromatic nitrogens is 1. The van der Waals surface area contributed by atoms with Crippen LogP contribution in [-0.4, -0.2) is 10.8 Å². The normalized spacial score (nSPS) is 10.2. The average Bonchev–Trinajstić information content (AvgIpc) is 2.35. The number of pyridine rings is 1. The monoisotopic (exact) mass is 293 g/mol. The number of hydrogen-bond acceptors (Lipinski definition) is 2. The molecule has 0 aliphatic carbocycles. The molecule has 0 amide bonds. The van der Waals surface area contributed by atoms with Crippen LogP contribution in [0.25, 0.3) is 0 Å². The molecule has 0 bridgehead atoms. The largest absolute Gasteiger partial charge is 0.292 e. The molecule has 0 aliphatic heterocycles. The third kappa shape index (κ3) is 2.97. The molecule has 0 atom stereocenters. The molecule has 2 rings (SSSR count). The third-order valence-corrected chi connectivity index (χ3v) is 2.80. The van der Waals surface area contributed by atoms with E-state index in [-0.39, 0.29) is 18.0 Å². The predicted molar refractivity (Wildman–Crippen MR) is 66.4 cm³/mol. The van der Waals surface area contributed by atoms with E-state index in [2.05, 4.69) is 20.9 Å². The topological polar surface area (TPSA) is 30.0 Å². The van der Waals surface area contributed by atoms with Crippen LogP contribution >= 0.6 is 15.9 Å². The minimum absolute atomic E-state index is 0.0162. The molecule has 4 heteroatoms. The van der Waals surface area contributed by atoms with E-state index in [1.807, 2.05) is 0 Å². The third-order valence-electron chi connectivity index (χ3n) is 2.31. The lowest BCUT2D eigenvalue weighted by Crippen LogP contribution is -2.06. The van der Waals surface area contributed by atoms with Gasteiger partial charge in [0.1, 0.15) is 11.5 Å². The summed E-state index contributed by atoms with van der Waals surface area (Å²) in [7, 11) is 0. The Morgan fingerprint density at radius 1 is 1.29 bits per heavy atom. The number of benzene rings is 1. The summed E-state index contributed by atoms with van der Waals surface area (Å²) in [6, 6.07) is 9.64. The molecule has 0 aliphatic rings. The van der Waals surface area contributed by atoms with Gasteiger partial charge < -0.3 is 0 Å². The van der Waals surface area contributed by atoms with Crippen molar-refractivity contribution < 1.29 is 9.18 Å². The van der Waals surface area contributed by atoms with Crippen LogP contribution in [0.15, 0.2) is 47.1 Å². The van der Waals surface area contributed by atoms with E-state index in [1.165, 1.54) is 6.07 Å². The van der Waals surface area contributed by atoms with Crippen LogP contribution in [0.2, 0.25) is 0 Å². The standard InChI is InChI=1S/C13H9BrFNO/c14-10-4-5-11(15)9(7-10)8-13(17)12-3-1-2-6-16-12/h1-7H,8H2. The molecule has 1 aromatic heterocycles. The Labute approximate surface area is 107 Å². The number of rotatable bonds is 3. The number of carbonyl (C=O) groups excluding carboxylic acids is 1. The first kappa shape index (κ1) is 11.9. The van der Waals surface area contributed by atoms with E-state index < -0.39 is 0 Å². The smallest absolute Gasteiger partial charge is 0.185 e. The number of carbonyl (C=O) groups is 1. The van der Waals surface area contributed by atoms with Crippen LogP contribution in [0.5, 0.6) is 0 Å². The van der Waals surface area contributed by atoms with Crippen LogP contribution in [0.3, 0.4) is 0 Å². The minimum Gasteiger partial charge on any atom is -0.292 e.